The highest BCUT2D eigenvalue weighted by Gasteiger charge is 2.48. The van der Waals surface area contributed by atoms with Crippen molar-refractivity contribution in [2.45, 2.75) is 63.6 Å². The SMILES string of the molecule is C=CCNC(=O)OCC(=O)NC[C@H]1[C@@H](CCCCCCC(=O)O)[C@H]2CC[C@@H]1O2. The Hall–Kier alpha value is -2.09. The molecular weight excluding hydrogens is 364 g/mol. The summed E-state index contributed by atoms with van der Waals surface area (Å²) in [5, 5.41) is 14.0. The van der Waals surface area contributed by atoms with E-state index in [0.717, 1.165) is 44.9 Å². The summed E-state index contributed by atoms with van der Waals surface area (Å²) in [4.78, 5) is 33.8. The molecule has 2 aliphatic heterocycles. The summed E-state index contributed by atoms with van der Waals surface area (Å²) in [6.07, 6.45) is 8.46. The molecule has 2 bridgehead atoms. The summed E-state index contributed by atoms with van der Waals surface area (Å²) in [7, 11) is 0. The van der Waals surface area contributed by atoms with E-state index in [9.17, 15) is 14.4 Å². The molecule has 28 heavy (non-hydrogen) atoms. The molecule has 2 heterocycles. The number of nitrogens with one attached hydrogen (secondary N) is 2. The van der Waals surface area contributed by atoms with Gasteiger partial charge in [-0.3, -0.25) is 9.59 Å². The van der Waals surface area contributed by atoms with Crippen molar-refractivity contribution in [1.82, 2.24) is 10.6 Å². The maximum absolute atomic E-state index is 12.0. The largest absolute Gasteiger partial charge is 0.481 e. The second-order valence-electron chi connectivity index (χ2n) is 7.51. The van der Waals surface area contributed by atoms with E-state index < -0.39 is 12.1 Å². The Morgan fingerprint density at radius 1 is 1.07 bits per heavy atom. The third-order valence-electron chi connectivity index (χ3n) is 5.53. The van der Waals surface area contributed by atoms with Gasteiger partial charge in [0.2, 0.25) is 0 Å². The van der Waals surface area contributed by atoms with Gasteiger partial charge in [-0.05, 0) is 31.6 Å². The van der Waals surface area contributed by atoms with Gasteiger partial charge in [-0.15, -0.1) is 6.58 Å². The zero-order valence-corrected chi connectivity index (χ0v) is 16.4. The molecular formula is C20H32N2O6. The van der Waals surface area contributed by atoms with Crippen molar-refractivity contribution < 1.29 is 29.0 Å². The number of carbonyl (C=O) groups excluding carboxylic acids is 2. The van der Waals surface area contributed by atoms with Gasteiger partial charge in [-0.2, -0.15) is 0 Å². The van der Waals surface area contributed by atoms with E-state index in [1.54, 1.807) is 0 Å². The second-order valence-corrected chi connectivity index (χ2v) is 7.51. The highest BCUT2D eigenvalue weighted by molar-refractivity contribution is 5.80. The summed E-state index contributed by atoms with van der Waals surface area (Å²) in [6.45, 7) is 4.00. The number of fused-ring (bicyclic) bond motifs is 2. The van der Waals surface area contributed by atoms with Crippen molar-refractivity contribution in [2.24, 2.45) is 11.8 Å². The first-order valence-corrected chi connectivity index (χ1v) is 10.2. The summed E-state index contributed by atoms with van der Waals surface area (Å²) in [5.41, 5.74) is 0. The Bertz CT molecular complexity index is 553. The lowest BCUT2D eigenvalue weighted by atomic mass is 9.76. The Balaban J connectivity index is 1.66. The van der Waals surface area contributed by atoms with Gasteiger partial charge in [0.1, 0.15) is 0 Å². The minimum atomic E-state index is -0.737. The smallest absolute Gasteiger partial charge is 0.407 e. The first-order chi connectivity index (χ1) is 13.5. The van der Waals surface area contributed by atoms with Crippen molar-refractivity contribution in [3.63, 3.8) is 0 Å². The zero-order chi connectivity index (χ0) is 20.4. The van der Waals surface area contributed by atoms with E-state index in [2.05, 4.69) is 17.2 Å². The number of hydrogen-bond donors (Lipinski definition) is 3. The molecule has 0 saturated carbocycles. The Kier molecular flexibility index (Phi) is 9.27. The minimum Gasteiger partial charge on any atom is -0.481 e. The van der Waals surface area contributed by atoms with Crippen LogP contribution >= 0.6 is 0 Å². The number of unbranched alkanes of at least 4 members (excludes halogenated alkanes) is 3. The molecule has 2 aliphatic rings. The molecule has 0 spiro atoms. The number of ether oxygens (including phenoxy) is 2. The number of carbonyl (C=O) groups is 3. The molecule has 2 rings (SSSR count). The van der Waals surface area contributed by atoms with Crippen molar-refractivity contribution in [3.05, 3.63) is 12.7 Å². The van der Waals surface area contributed by atoms with Gasteiger partial charge in [0.05, 0.1) is 12.2 Å². The fraction of sp³-hybridized carbons (Fsp3) is 0.750. The summed E-state index contributed by atoms with van der Waals surface area (Å²) < 4.78 is 10.9. The molecule has 158 valence electrons. The van der Waals surface area contributed by atoms with Crippen molar-refractivity contribution in [1.29, 1.82) is 0 Å². The molecule has 2 amide bonds. The van der Waals surface area contributed by atoms with Crippen molar-refractivity contribution >= 4 is 18.0 Å². The number of amides is 2. The number of alkyl carbamates (subject to hydrolysis) is 1. The molecule has 8 heteroatoms. The molecule has 0 unspecified atom stereocenters. The van der Waals surface area contributed by atoms with E-state index in [1.165, 1.54) is 6.08 Å². The molecule has 0 aromatic carbocycles. The summed E-state index contributed by atoms with van der Waals surface area (Å²) in [5.74, 6) is -0.338. The van der Waals surface area contributed by atoms with Gasteiger partial charge < -0.3 is 25.2 Å². The normalized spacial score (nSPS) is 25.3. The van der Waals surface area contributed by atoms with Gasteiger partial charge in [-0.1, -0.05) is 25.3 Å². The highest BCUT2D eigenvalue weighted by Crippen LogP contribution is 2.45. The fourth-order valence-electron chi connectivity index (χ4n) is 4.18. The topological polar surface area (TPSA) is 114 Å². The van der Waals surface area contributed by atoms with Gasteiger partial charge >= 0.3 is 12.1 Å². The van der Waals surface area contributed by atoms with Crippen LogP contribution in [0.2, 0.25) is 0 Å². The first kappa shape index (κ1) is 22.2. The number of aliphatic carboxylic acids is 1. The standard InChI is InChI=1S/C20H32N2O6/c1-2-11-21-20(26)27-13-18(23)22-12-15-14(16-9-10-17(15)28-16)7-5-3-4-6-8-19(24)25/h2,14-17H,1,3-13H2,(H,21,26)(H,22,23)(H,24,25)/t14-,15+,16-,17+/m1/s1. The molecule has 0 aliphatic carbocycles. The van der Waals surface area contributed by atoms with Crippen molar-refractivity contribution in [3.8, 4) is 0 Å². The van der Waals surface area contributed by atoms with Gasteiger partial charge in [0.15, 0.2) is 6.61 Å². The van der Waals surface area contributed by atoms with E-state index in [0.29, 0.717) is 19.0 Å². The van der Waals surface area contributed by atoms with Crippen LogP contribution in [0.3, 0.4) is 0 Å². The maximum Gasteiger partial charge on any atom is 0.407 e. The Morgan fingerprint density at radius 3 is 2.50 bits per heavy atom. The lowest BCUT2D eigenvalue weighted by Crippen LogP contribution is -2.40. The third kappa shape index (κ3) is 7.14. The van der Waals surface area contributed by atoms with E-state index in [-0.39, 0.29) is 37.1 Å². The predicted octanol–water partition coefficient (Wildman–Crippen LogP) is 2.23. The predicted molar refractivity (Wildman–Crippen MR) is 103 cm³/mol. The van der Waals surface area contributed by atoms with Crippen LogP contribution < -0.4 is 10.6 Å². The van der Waals surface area contributed by atoms with Gasteiger partial charge in [0, 0.05) is 25.4 Å². The molecule has 0 radical (unpaired) electrons. The number of carboxylic acid groups (broad SMARTS) is 1. The van der Waals surface area contributed by atoms with Crippen LogP contribution in [0, 0.1) is 11.8 Å². The van der Waals surface area contributed by atoms with Crippen LogP contribution in [0.4, 0.5) is 4.79 Å². The molecule has 3 N–H and O–H groups in total. The maximum atomic E-state index is 12.0. The number of carboxylic acids is 1. The average Bonchev–Trinajstić information content (AvgIpc) is 3.27. The van der Waals surface area contributed by atoms with E-state index in [4.69, 9.17) is 14.6 Å². The summed E-state index contributed by atoms with van der Waals surface area (Å²) >= 11 is 0. The zero-order valence-electron chi connectivity index (χ0n) is 16.4. The monoisotopic (exact) mass is 396 g/mol. The molecule has 8 nitrogen and oxygen atoms in total. The van der Waals surface area contributed by atoms with Gasteiger partial charge in [-0.25, -0.2) is 4.79 Å². The van der Waals surface area contributed by atoms with Crippen LogP contribution in [0.5, 0.6) is 0 Å². The highest BCUT2D eigenvalue weighted by atomic mass is 16.6. The fourth-order valence-corrected chi connectivity index (χ4v) is 4.18. The van der Waals surface area contributed by atoms with E-state index >= 15 is 0 Å². The van der Waals surface area contributed by atoms with Crippen LogP contribution in [0.25, 0.3) is 0 Å². The quantitative estimate of drug-likeness (QED) is 0.325. The molecule has 2 fully saturated rings. The van der Waals surface area contributed by atoms with Crippen LogP contribution in [-0.4, -0.2) is 55.0 Å². The lowest BCUT2D eigenvalue weighted by molar-refractivity contribution is -0.137. The average molecular weight is 396 g/mol. The first-order valence-electron chi connectivity index (χ1n) is 10.2. The van der Waals surface area contributed by atoms with E-state index in [1.807, 2.05) is 0 Å². The minimum absolute atomic E-state index is 0.194. The van der Waals surface area contributed by atoms with Crippen LogP contribution in [-0.2, 0) is 19.1 Å². The van der Waals surface area contributed by atoms with Crippen molar-refractivity contribution in [2.75, 3.05) is 19.7 Å². The Morgan fingerprint density at radius 2 is 1.79 bits per heavy atom. The Labute approximate surface area is 166 Å². The lowest BCUT2D eigenvalue weighted by Gasteiger charge is -2.28. The third-order valence-corrected chi connectivity index (χ3v) is 5.53. The van der Waals surface area contributed by atoms with Gasteiger partial charge in [0.25, 0.3) is 5.91 Å². The molecule has 2 saturated heterocycles. The molecule has 4 atom stereocenters. The van der Waals surface area contributed by atoms with Crippen LogP contribution in [0.15, 0.2) is 12.7 Å². The number of hydrogen-bond acceptors (Lipinski definition) is 5. The molecule has 0 aromatic heterocycles. The van der Waals surface area contributed by atoms with Crippen LogP contribution in [0.1, 0.15) is 51.4 Å². The second kappa shape index (κ2) is 11.7. The molecule has 0 aromatic rings. The summed E-state index contributed by atoms with van der Waals surface area (Å²) in [6, 6.07) is 0. The number of rotatable bonds is 13.